The van der Waals surface area contributed by atoms with E-state index in [1.54, 1.807) is 0 Å². The number of amides is 2. The minimum Gasteiger partial charge on any atom is -0.378 e. The van der Waals surface area contributed by atoms with Gasteiger partial charge in [-0.15, -0.1) is 0 Å². The van der Waals surface area contributed by atoms with Gasteiger partial charge in [0.1, 0.15) is 0 Å². The van der Waals surface area contributed by atoms with Crippen LogP contribution in [0.5, 0.6) is 0 Å². The van der Waals surface area contributed by atoms with E-state index >= 15 is 0 Å². The van der Waals surface area contributed by atoms with E-state index in [1.807, 2.05) is 9.80 Å². The summed E-state index contributed by atoms with van der Waals surface area (Å²) < 4.78 is 5.28. The van der Waals surface area contributed by atoms with E-state index < -0.39 is 0 Å². The zero-order valence-corrected chi connectivity index (χ0v) is 14.8. The molecule has 7 nitrogen and oxygen atoms in total. The zero-order chi connectivity index (χ0) is 17.2. The Morgan fingerprint density at radius 3 is 2.08 bits per heavy atom. The van der Waals surface area contributed by atoms with Gasteiger partial charge in [-0.1, -0.05) is 12.8 Å². The Labute approximate surface area is 145 Å². The molecule has 2 rings (SSSR count). The summed E-state index contributed by atoms with van der Waals surface area (Å²) in [6.45, 7) is 6.90. The molecule has 2 fully saturated rings. The monoisotopic (exact) mass is 340 g/mol. The van der Waals surface area contributed by atoms with Crippen molar-refractivity contribution in [1.82, 2.24) is 14.7 Å². The molecule has 0 aromatic rings. The highest BCUT2D eigenvalue weighted by Gasteiger charge is 2.24. The second-order valence-corrected chi connectivity index (χ2v) is 6.60. The van der Waals surface area contributed by atoms with Gasteiger partial charge in [0, 0.05) is 45.7 Å². The van der Waals surface area contributed by atoms with Crippen LogP contribution in [0.25, 0.3) is 0 Å². The molecule has 0 saturated carbocycles. The number of rotatable bonds is 8. The van der Waals surface area contributed by atoms with E-state index in [1.165, 1.54) is 0 Å². The van der Waals surface area contributed by atoms with E-state index in [4.69, 9.17) is 10.5 Å². The normalized spacial score (nSPS) is 19.5. The van der Waals surface area contributed by atoms with Gasteiger partial charge in [-0.2, -0.15) is 0 Å². The first kappa shape index (κ1) is 19.1. The molecule has 2 aliphatic rings. The predicted molar refractivity (Wildman–Crippen MR) is 92.6 cm³/mol. The summed E-state index contributed by atoms with van der Waals surface area (Å²) in [5.41, 5.74) is 5.47. The molecule has 0 aliphatic carbocycles. The van der Waals surface area contributed by atoms with E-state index in [2.05, 4.69) is 4.90 Å². The van der Waals surface area contributed by atoms with Gasteiger partial charge in [0.2, 0.25) is 11.8 Å². The lowest BCUT2D eigenvalue weighted by atomic mass is 10.1. The molecule has 0 aromatic carbocycles. The fourth-order valence-electron chi connectivity index (χ4n) is 3.19. The van der Waals surface area contributed by atoms with E-state index in [9.17, 15) is 9.59 Å². The molecule has 0 radical (unpaired) electrons. The molecule has 0 unspecified atom stereocenters. The minimum atomic E-state index is 0.179. The number of nitrogens with zero attached hydrogens (tertiary/aromatic N) is 3. The molecule has 138 valence electrons. The maximum atomic E-state index is 12.2. The molecule has 7 heteroatoms. The van der Waals surface area contributed by atoms with Crippen LogP contribution >= 0.6 is 0 Å². The van der Waals surface area contributed by atoms with Crippen molar-refractivity contribution in [3.63, 3.8) is 0 Å². The van der Waals surface area contributed by atoms with Crippen molar-refractivity contribution in [3.8, 4) is 0 Å². The summed E-state index contributed by atoms with van der Waals surface area (Å²) in [7, 11) is 0. The Hall–Kier alpha value is -1.18. The third-order valence-electron chi connectivity index (χ3n) is 4.79. The first-order chi connectivity index (χ1) is 11.7. The summed E-state index contributed by atoms with van der Waals surface area (Å²) in [5, 5.41) is 0. The molecule has 2 amide bonds. The lowest BCUT2D eigenvalue weighted by Crippen LogP contribution is -2.52. The molecule has 2 aliphatic heterocycles. The molecule has 0 atom stereocenters. The van der Waals surface area contributed by atoms with Crippen LogP contribution in [0.2, 0.25) is 0 Å². The molecule has 0 aromatic heterocycles. The number of piperazine rings is 1. The van der Waals surface area contributed by atoms with Crippen LogP contribution in [-0.4, -0.2) is 92.1 Å². The Morgan fingerprint density at radius 2 is 1.42 bits per heavy atom. The van der Waals surface area contributed by atoms with Crippen LogP contribution in [0.4, 0.5) is 0 Å². The van der Waals surface area contributed by atoms with Crippen molar-refractivity contribution in [2.45, 2.75) is 32.1 Å². The second kappa shape index (κ2) is 10.6. The Bertz CT molecular complexity index is 391. The molecule has 2 saturated heterocycles. The van der Waals surface area contributed by atoms with Gasteiger partial charge in [0.05, 0.1) is 19.8 Å². The SMILES string of the molecule is NCCCCCCC(=O)N1CCN(CC(=O)N2CCOCC2)CC1. The van der Waals surface area contributed by atoms with Crippen LogP contribution < -0.4 is 5.73 Å². The Kier molecular flexibility index (Phi) is 8.49. The van der Waals surface area contributed by atoms with Gasteiger partial charge in [-0.25, -0.2) is 0 Å². The molecule has 24 heavy (non-hydrogen) atoms. The van der Waals surface area contributed by atoms with Crippen molar-refractivity contribution in [2.24, 2.45) is 5.73 Å². The van der Waals surface area contributed by atoms with Gasteiger partial charge in [-0.05, 0) is 19.4 Å². The fourth-order valence-corrected chi connectivity index (χ4v) is 3.19. The summed E-state index contributed by atoms with van der Waals surface area (Å²) in [6, 6.07) is 0. The highest BCUT2D eigenvalue weighted by molar-refractivity contribution is 5.78. The number of unbranched alkanes of at least 4 members (excludes halogenated alkanes) is 3. The number of morpholine rings is 1. The first-order valence-corrected chi connectivity index (χ1v) is 9.26. The van der Waals surface area contributed by atoms with Crippen molar-refractivity contribution in [2.75, 3.05) is 65.6 Å². The summed E-state index contributed by atoms with van der Waals surface area (Å²) in [5.74, 6) is 0.430. The standard InChI is InChI=1S/C17H32N4O3/c18-6-4-2-1-3-5-16(22)20-9-7-19(8-10-20)15-17(23)21-11-13-24-14-12-21/h1-15,18H2. The number of carbonyl (C=O) groups excluding carboxylic acids is 2. The Balaban J connectivity index is 1.60. The number of hydrogen-bond acceptors (Lipinski definition) is 5. The minimum absolute atomic E-state index is 0.179. The highest BCUT2D eigenvalue weighted by atomic mass is 16.5. The molecule has 0 bridgehead atoms. The lowest BCUT2D eigenvalue weighted by Gasteiger charge is -2.36. The summed E-state index contributed by atoms with van der Waals surface area (Å²) in [4.78, 5) is 30.4. The first-order valence-electron chi connectivity index (χ1n) is 9.26. The van der Waals surface area contributed by atoms with Gasteiger partial charge < -0.3 is 20.3 Å². The van der Waals surface area contributed by atoms with Crippen LogP contribution in [0.3, 0.4) is 0 Å². The average Bonchev–Trinajstić information content (AvgIpc) is 2.62. The molecule has 0 spiro atoms. The quantitative estimate of drug-likeness (QED) is 0.624. The maximum absolute atomic E-state index is 12.2. The molecular formula is C17H32N4O3. The Morgan fingerprint density at radius 1 is 0.792 bits per heavy atom. The van der Waals surface area contributed by atoms with Gasteiger partial charge in [0.15, 0.2) is 0 Å². The number of ether oxygens (including phenoxy) is 1. The third kappa shape index (κ3) is 6.37. The number of hydrogen-bond donors (Lipinski definition) is 1. The van der Waals surface area contributed by atoms with Crippen molar-refractivity contribution in [1.29, 1.82) is 0 Å². The molecular weight excluding hydrogens is 308 g/mol. The van der Waals surface area contributed by atoms with E-state index in [-0.39, 0.29) is 11.8 Å². The summed E-state index contributed by atoms with van der Waals surface area (Å²) in [6.07, 6.45) is 4.83. The lowest BCUT2D eigenvalue weighted by molar-refractivity contribution is -0.138. The third-order valence-corrected chi connectivity index (χ3v) is 4.79. The predicted octanol–water partition coefficient (Wildman–Crippen LogP) is -0.101. The molecule has 2 N–H and O–H groups in total. The van der Waals surface area contributed by atoms with Crippen molar-refractivity contribution < 1.29 is 14.3 Å². The van der Waals surface area contributed by atoms with Gasteiger partial charge in [0.25, 0.3) is 0 Å². The molecule has 2 heterocycles. The number of carbonyl (C=O) groups is 2. The largest absolute Gasteiger partial charge is 0.378 e. The van der Waals surface area contributed by atoms with Crippen LogP contribution in [0.1, 0.15) is 32.1 Å². The van der Waals surface area contributed by atoms with Crippen molar-refractivity contribution in [3.05, 3.63) is 0 Å². The smallest absolute Gasteiger partial charge is 0.236 e. The average molecular weight is 340 g/mol. The topological polar surface area (TPSA) is 79.1 Å². The van der Waals surface area contributed by atoms with Crippen LogP contribution in [-0.2, 0) is 14.3 Å². The van der Waals surface area contributed by atoms with Crippen LogP contribution in [0, 0.1) is 0 Å². The van der Waals surface area contributed by atoms with Gasteiger partial charge in [-0.3, -0.25) is 14.5 Å². The zero-order valence-electron chi connectivity index (χ0n) is 14.8. The second-order valence-electron chi connectivity index (χ2n) is 6.60. The van der Waals surface area contributed by atoms with E-state index in [0.717, 1.165) is 58.4 Å². The van der Waals surface area contributed by atoms with Crippen LogP contribution in [0.15, 0.2) is 0 Å². The van der Waals surface area contributed by atoms with E-state index in [0.29, 0.717) is 39.3 Å². The fraction of sp³-hybridized carbons (Fsp3) is 0.882. The summed E-state index contributed by atoms with van der Waals surface area (Å²) >= 11 is 0. The van der Waals surface area contributed by atoms with Crippen molar-refractivity contribution >= 4 is 11.8 Å². The van der Waals surface area contributed by atoms with Gasteiger partial charge >= 0.3 is 0 Å². The number of nitrogens with two attached hydrogens (primary N) is 1. The highest BCUT2D eigenvalue weighted by Crippen LogP contribution is 2.09. The maximum Gasteiger partial charge on any atom is 0.236 e.